The van der Waals surface area contributed by atoms with Gasteiger partial charge in [-0.25, -0.2) is 9.78 Å². The Balaban J connectivity index is 2.06. The summed E-state index contributed by atoms with van der Waals surface area (Å²) in [6.45, 7) is 8.22. The maximum Gasteiger partial charge on any atom is 0.312 e. The highest BCUT2D eigenvalue weighted by atomic mass is 32.2. The fourth-order valence-electron chi connectivity index (χ4n) is 1.86. The minimum Gasteiger partial charge on any atom is -0.463 e. The molecule has 1 N–H and O–H groups in total. The lowest BCUT2D eigenvalue weighted by molar-refractivity contribution is -0.303. The molecule has 0 aliphatic rings. The first kappa shape index (κ1) is 21.7. The molecule has 1 aromatic carbocycles. The molecule has 140 valence electrons. The summed E-state index contributed by atoms with van der Waals surface area (Å²) in [5.41, 5.74) is 1.56. The van der Waals surface area contributed by atoms with E-state index in [1.807, 2.05) is 38.1 Å². The molecule has 0 saturated carbocycles. The molecule has 0 heterocycles. The number of benzene rings is 1. The molecule has 0 aromatic heterocycles. The van der Waals surface area contributed by atoms with E-state index in [4.69, 9.17) is 19.6 Å². The minimum absolute atomic E-state index is 0.0500. The van der Waals surface area contributed by atoms with Crippen LogP contribution >= 0.6 is 11.8 Å². The standard InChI is InChI=1S/C19H28O5S/c1-4-16-6-8-17(9-7-16)14-24-23-11-5-13-25-15-19(2,3)18(21)22-12-10-20/h4,6-9,20H,1,5,10-15H2,2-3H3. The molecule has 25 heavy (non-hydrogen) atoms. The van der Waals surface area contributed by atoms with Crippen LogP contribution < -0.4 is 0 Å². The number of esters is 1. The Morgan fingerprint density at radius 2 is 1.96 bits per heavy atom. The van der Waals surface area contributed by atoms with Crippen LogP contribution in [0.1, 0.15) is 31.4 Å². The van der Waals surface area contributed by atoms with Crippen molar-refractivity contribution in [3.8, 4) is 0 Å². The summed E-state index contributed by atoms with van der Waals surface area (Å²) >= 11 is 1.67. The second-order valence-corrected chi connectivity index (χ2v) is 7.28. The molecule has 0 amide bonds. The van der Waals surface area contributed by atoms with Gasteiger partial charge in [0, 0.05) is 5.75 Å². The zero-order chi connectivity index (χ0) is 18.5. The lowest BCUT2D eigenvalue weighted by atomic mass is 9.97. The topological polar surface area (TPSA) is 65.0 Å². The van der Waals surface area contributed by atoms with Gasteiger partial charge in [-0.15, -0.1) is 0 Å². The van der Waals surface area contributed by atoms with E-state index in [9.17, 15) is 4.79 Å². The molecule has 0 spiro atoms. The molecular formula is C19H28O5S. The van der Waals surface area contributed by atoms with Crippen LogP contribution in [0.15, 0.2) is 30.8 Å². The van der Waals surface area contributed by atoms with Gasteiger partial charge in [-0.2, -0.15) is 11.8 Å². The van der Waals surface area contributed by atoms with Gasteiger partial charge in [0.1, 0.15) is 13.2 Å². The SMILES string of the molecule is C=Cc1ccc(COOCCCSCC(C)(C)C(=O)OCCO)cc1. The predicted octanol–water partition coefficient (Wildman–Crippen LogP) is 3.46. The molecule has 0 radical (unpaired) electrons. The van der Waals surface area contributed by atoms with Crippen molar-refractivity contribution in [2.24, 2.45) is 5.41 Å². The highest BCUT2D eigenvalue weighted by Gasteiger charge is 2.29. The van der Waals surface area contributed by atoms with Gasteiger partial charge in [0.15, 0.2) is 0 Å². The molecular weight excluding hydrogens is 340 g/mol. The fourth-order valence-corrected chi connectivity index (χ4v) is 2.95. The highest BCUT2D eigenvalue weighted by Crippen LogP contribution is 2.24. The first-order valence-corrected chi connectivity index (χ1v) is 9.46. The average molecular weight is 368 g/mol. The van der Waals surface area contributed by atoms with Crippen molar-refractivity contribution in [2.75, 3.05) is 31.3 Å². The van der Waals surface area contributed by atoms with Crippen molar-refractivity contribution >= 4 is 23.8 Å². The van der Waals surface area contributed by atoms with Gasteiger partial charge >= 0.3 is 5.97 Å². The molecule has 0 unspecified atom stereocenters. The van der Waals surface area contributed by atoms with Crippen LogP contribution in [0.3, 0.4) is 0 Å². The summed E-state index contributed by atoms with van der Waals surface area (Å²) in [6.07, 6.45) is 2.63. The van der Waals surface area contributed by atoms with Crippen LogP contribution in [0.2, 0.25) is 0 Å². The first-order chi connectivity index (χ1) is 12.0. The van der Waals surface area contributed by atoms with Gasteiger partial charge < -0.3 is 9.84 Å². The van der Waals surface area contributed by atoms with E-state index in [0.717, 1.165) is 23.3 Å². The Bertz CT molecular complexity index is 513. The Morgan fingerprint density at radius 1 is 1.24 bits per heavy atom. The van der Waals surface area contributed by atoms with Crippen molar-refractivity contribution in [3.63, 3.8) is 0 Å². The summed E-state index contributed by atoms with van der Waals surface area (Å²) in [5, 5.41) is 8.68. The number of thioether (sulfide) groups is 1. The second-order valence-electron chi connectivity index (χ2n) is 6.18. The van der Waals surface area contributed by atoms with Crippen LogP contribution in [0.25, 0.3) is 6.08 Å². The van der Waals surface area contributed by atoms with E-state index in [-0.39, 0.29) is 19.2 Å². The number of hydrogen-bond donors (Lipinski definition) is 1. The van der Waals surface area contributed by atoms with Crippen molar-refractivity contribution in [1.29, 1.82) is 0 Å². The van der Waals surface area contributed by atoms with E-state index >= 15 is 0 Å². The third-order valence-corrected chi connectivity index (χ3v) is 4.88. The maximum absolute atomic E-state index is 11.8. The molecule has 0 aliphatic carbocycles. The number of rotatable bonds is 13. The van der Waals surface area contributed by atoms with E-state index in [0.29, 0.717) is 19.0 Å². The molecule has 6 heteroatoms. The number of carbonyl (C=O) groups is 1. The summed E-state index contributed by atoms with van der Waals surface area (Å²) in [5.74, 6) is 1.25. The molecule has 1 aromatic rings. The smallest absolute Gasteiger partial charge is 0.312 e. The van der Waals surface area contributed by atoms with E-state index < -0.39 is 5.41 Å². The Morgan fingerprint density at radius 3 is 2.60 bits per heavy atom. The monoisotopic (exact) mass is 368 g/mol. The molecule has 0 saturated heterocycles. The van der Waals surface area contributed by atoms with Crippen LogP contribution in [0.4, 0.5) is 0 Å². The van der Waals surface area contributed by atoms with Gasteiger partial charge in [-0.1, -0.05) is 36.9 Å². The van der Waals surface area contributed by atoms with Gasteiger partial charge in [0.2, 0.25) is 0 Å². The molecule has 1 rings (SSSR count). The maximum atomic E-state index is 11.8. The molecule has 0 bridgehead atoms. The zero-order valence-electron chi connectivity index (χ0n) is 15.0. The summed E-state index contributed by atoms with van der Waals surface area (Å²) < 4.78 is 4.97. The van der Waals surface area contributed by atoms with Crippen LogP contribution in [-0.4, -0.2) is 42.4 Å². The Labute approximate surface area is 154 Å². The van der Waals surface area contributed by atoms with Crippen molar-refractivity contribution in [3.05, 3.63) is 42.0 Å². The van der Waals surface area contributed by atoms with Crippen LogP contribution in [0.5, 0.6) is 0 Å². The van der Waals surface area contributed by atoms with Gasteiger partial charge in [0.25, 0.3) is 0 Å². The molecule has 0 atom stereocenters. The minimum atomic E-state index is -0.561. The number of aliphatic hydroxyl groups excluding tert-OH is 1. The molecule has 5 nitrogen and oxygen atoms in total. The van der Waals surface area contributed by atoms with Crippen molar-refractivity contribution in [1.82, 2.24) is 0 Å². The second kappa shape index (κ2) is 12.1. The molecule has 0 fully saturated rings. The summed E-state index contributed by atoms with van der Waals surface area (Å²) in [4.78, 5) is 22.2. The van der Waals surface area contributed by atoms with E-state index in [1.54, 1.807) is 17.8 Å². The first-order valence-electron chi connectivity index (χ1n) is 8.31. The predicted molar refractivity (Wildman–Crippen MR) is 101 cm³/mol. The zero-order valence-corrected chi connectivity index (χ0v) is 15.8. The third kappa shape index (κ3) is 9.07. The number of hydrogen-bond acceptors (Lipinski definition) is 6. The lowest BCUT2D eigenvalue weighted by Crippen LogP contribution is -2.30. The Hall–Kier alpha value is -1.34. The number of ether oxygens (including phenoxy) is 1. The van der Waals surface area contributed by atoms with E-state index in [1.165, 1.54) is 0 Å². The van der Waals surface area contributed by atoms with Crippen LogP contribution in [0, 0.1) is 5.41 Å². The van der Waals surface area contributed by atoms with Gasteiger partial charge in [0.05, 0.1) is 18.6 Å². The normalized spacial score (nSPS) is 11.3. The summed E-state index contributed by atoms with van der Waals surface area (Å²) in [7, 11) is 0. The van der Waals surface area contributed by atoms with Gasteiger partial charge in [-0.05, 0) is 37.1 Å². The Kier molecular flexibility index (Phi) is 10.5. The quantitative estimate of drug-likeness (QED) is 0.249. The third-order valence-electron chi connectivity index (χ3n) is 3.38. The fraction of sp³-hybridized carbons (Fsp3) is 0.526. The van der Waals surface area contributed by atoms with Gasteiger partial charge in [-0.3, -0.25) is 4.79 Å². The molecule has 0 aliphatic heterocycles. The number of carbonyl (C=O) groups excluding carboxylic acids is 1. The lowest BCUT2D eigenvalue weighted by Gasteiger charge is -2.21. The highest BCUT2D eigenvalue weighted by molar-refractivity contribution is 7.99. The van der Waals surface area contributed by atoms with Crippen molar-refractivity contribution in [2.45, 2.75) is 26.9 Å². The number of aliphatic hydroxyl groups is 1. The summed E-state index contributed by atoms with van der Waals surface area (Å²) in [6, 6.07) is 7.92. The average Bonchev–Trinajstić information content (AvgIpc) is 2.62. The van der Waals surface area contributed by atoms with Crippen LogP contribution in [-0.2, 0) is 25.9 Å². The largest absolute Gasteiger partial charge is 0.463 e. The van der Waals surface area contributed by atoms with Crippen molar-refractivity contribution < 1.29 is 24.4 Å². The van der Waals surface area contributed by atoms with E-state index in [2.05, 4.69) is 6.58 Å².